The van der Waals surface area contributed by atoms with Gasteiger partial charge in [-0.05, 0) is 16.7 Å². The van der Waals surface area contributed by atoms with Gasteiger partial charge in [-0.1, -0.05) is 66.0 Å². The van der Waals surface area contributed by atoms with Crippen LogP contribution < -0.4 is 0 Å². The maximum absolute atomic E-state index is 12.8. The summed E-state index contributed by atoms with van der Waals surface area (Å²) in [7, 11) is 0. The number of rotatable bonds is 6. The number of hydrogen-bond acceptors (Lipinski definition) is 0. The van der Waals surface area contributed by atoms with Gasteiger partial charge in [0.15, 0.2) is 0 Å². The van der Waals surface area contributed by atoms with Gasteiger partial charge in [0.1, 0.15) is 20.0 Å². The van der Waals surface area contributed by atoms with Crippen LogP contribution in [-0.2, 0) is 0 Å². The highest BCUT2D eigenvalue weighted by atomic mass is 79.9. The molecule has 0 N–H and O–H groups in total. The third kappa shape index (κ3) is 3.97. The molecule has 0 aliphatic carbocycles. The minimum atomic E-state index is -0.606. The van der Waals surface area contributed by atoms with Crippen molar-refractivity contribution in [1.82, 2.24) is 0 Å². The molecular formula is C12H12Br3F3. The molecule has 0 aliphatic rings. The van der Waals surface area contributed by atoms with E-state index in [9.17, 15) is 13.2 Å². The summed E-state index contributed by atoms with van der Waals surface area (Å²) < 4.78 is 38.1. The Hall–Kier alpha value is 0.450. The molecule has 0 aliphatic heterocycles. The van der Waals surface area contributed by atoms with Crippen LogP contribution in [0, 0.1) is 0 Å². The van der Waals surface area contributed by atoms with Gasteiger partial charge in [0.2, 0.25) is 0 Å². The summed E-state index contributed by atoms with van der Waals surface area (Å²) in [5, 5.41) is 0. The van der Waals surface area contributed by atoms with Crippen molar-refractivity contribution >= 4 is 47.8 Å². The normalized spacial score (nSPS) is 16.3. The van der Waals surface area contributed by atoms with Gasteiger partial charge in [-0.2, -0.15) is 0 Å². The highest BCUT2D eigenvalue weighted by molar-refractivity contribution is 9.09. The van der Waals surface area contributed by atoms with Crippen molar-refractivity contribution in [1.29, 1.82) is 0 Å². The molecule has 3 atom stereocenters. The van der Waals surface area contributed by atoms with E-state index in [1.165, 1.54) is 0 Å². The SMILES string of the molecule is FCC(Br)c1ccc(C(Br)CF)c(C(Br)CF)c1. The number of alkyl halides is 6. The summed E-state index contributed by atoms with van der Waals surface area (Å²) in [5.41, 5.74) is 2.04. The number of hydrogen-bond donors (Lipinski definition) is 0. The molecule has 0 radical (unpaired) electrons. The summed E-state index contributed by atoms with van der Waals surface area (Å²) in [6.07, 6.45) is 0. The third-order valence-corrected chi connectivity index (χ3v) is 4.80. The van der Waals surface area contributed by atoms with Crippen molar-refractivity contribution in [3.8, 4) is 0 Å². The van der Waals surface area contributed by atoms with Gasteiger partial charge in [-0.3, -0.25) is 0 Å². The second kappa shape index (κ2) is 7.90. The van der Waals surface area contributed by atoms with Crippen molar-refractivity contribution in [2.24, 2.45) is 0 Å². The summed E-state index contributed by atoms with van der Waals surface area (Å²) in [4.78, 5) is -1.42. The minimum absolute atomic E-state index is 0.427. The Morgan fingerprint density at radius 3 is 1.78 bits per heavy atom. The first-order chi connectivity index (χ1) is 8.54. The Morgan fingerprint density at radius 1 is 0.778 bits per heavy atom. The monoisotopic (exact) mass is 450 g/mol. The van der Waals surface area contributed by atoms with Gasteiger partial charge in [0, 0.05) is 0 Å². The van der Waals surface area contributed by atoms with E-state index in [0.29, 0.717) is 16.7 Å². The fourth-order valence-corrected chi connectivity index (χ4v) is 2.70. The van der Waals surface area contributed by atoms with Crippen LogP contribution in [0.15, 0.2) is 18.2 Å². The molecular weight excluding hydrogens is 441 g/mol. The summed E-state index contributed by atoms with van der Waals surface area (Å²) in [5.74, 6) is 0. The smallest absolute Gasteiger partial charge is 0.106 e. The second-order valence-electron chi connectivity index (χ2n) is 3.75. The lowest BCUT2D eigenvalue weighted by atomic mass is 9.98. The molecule has 0 fully saturated rings. The van der Waals surface area contributed by atoms with Crippen LogP contribution in [0.25, 0.3) is 0 Å². The van der Waals surface area contributed by atoms with Gasteiger partial charge in [-0.15, -0.1) is 0 Å². The van der Waals surface area contributed by atoms with Crippen LogP contribution in [0.3, 0.4) is 0 Å². The molecule has 0 amide bonds. The Balaban J connectivity index is 3.20. The van der Waals surface area contributed by atoms with Crippen LogP contribution >= 0.6 is 47.8 Å². The molecule has 0 heterocycles. The van der Waals surface area contributed by atoms with Crippen molar-refractivity contribution in [2.75, 3.05) is 20.0 Å². The fraction of sp³-hybridized carbons (Fsp3) is 0.500. The predicted octanol–water partition coefficient (Wildman–Crippen LogP) is 5.90. The molecule has 102 valence electrons. The molecule has 0 spiro atoms. The van der Waals surface area contributed by atoms with Crippen molar-refractivity contribution in [3.63, 3.8) is 0 Å². The molecule has 18 heavy (non-hydrogen) atoms. The van der Waals surface area contributed by atoms with E-state index in [1.807, 2.05) is 0 Å². The standard InChI is InChI=1S/C12H12Br3F3/c13-10(4-16)7-1-2-8(11(14)5-17)9(3-7)12(15)6-18/h1-3,10-12H,4-6H2. The number of benzene rings is 1. The second-order valence-corrected chi connectivity index (χ2v) is 7.07. The Morgan fingerprint density at radius 2 is 1.28 bits per heavy atom. The van der Waals surface area contributed by atoms with Crippen molar-refractivity contribution in [2.45, 2.75) is 14.5 Å². The average molecular weight is 453 g/mol. The van der Waals surface area contributed by atoms with Crippen molar-refractivity contribution in [3.05, 3.63) is 34.9 Å². The van der Waals surface area contributed by atoms with Crippen LogP contribution in [0.2, 0.25) is 0 Å². The molecule has 1 aromatic rings. The van der Waals surface area contributed by atoms with Gasteiger partial charge in [0.25, 0.3) is 0 Å². The van der Waals surface area contributed by atoms with Gasteiger partial charge < -0.3 is 0 Å². The topological polar surface area (TPSA) is 0 Å². The van der Waals surface area contributed by atoms with Gasteiger partial charge in [0.05, 0.1) is 14.5 Å². The van der Waals surface area contributed by atoms with E-state index in [0.717, 1.165) is 0 Å². The summed E-state index contributed by atoms with van der Waals surface area (Å²) in [6, 6.07) is 5.13. The molecule has 0 bridgehead atoms. The number of halogens is 6. The maximum atomic E-state index is 12.8. The highest BCUT2D eigenvalue weighted by Crippen LogP contribution is 2.37. The summed E-state index contributed by atoms with van der Waals surface area (Å²) >= 11 is 9.62. The molecule has 1 rings (SSSR count). The van der Waals surface area contributed by atoms with Crippen LogP contribution in [0.5, 0.6) is 0 Å². The van der Waals surface area contributed by atoms with Gasteiger partial charge >= 0.3 is 0 Å². The lowest BCUT2D eigenvalue weighted by Gasteiger charge is -2.18. The minimum Gasteiger partial charge on any atom is -0.250 e. The third-order valence-electron chi connectivity index (χ3n) is 2.55. The average Bonchev–Trinajstić information content (AvgIpc) is 2.43. The zero-order chi connectivity index (χ0) is 13.7. The van der Waals surface area contributed by atoms with E-state index in [2.05, 4.69) is 47.8 Å². The summed E-state index contributed by atoms with van der Waals surface area (Å²) in [6.45, 7) is -1.74. The lowest BCUT2D eigenvalue weighted by Crippen LogP contribution is -2.04. The van der Waals surface area contributed by atoms with Crippen molar-refractivity contribution < 1.29 is 13.2 Å². The van der Waals surface area contributed by atoms with E-state index in [-0.39, 0.29) is 0 Å². The molecule has 6 heteroatoms. The first kappa shape index (κ1) is 16.5. The molecule has 1 aromatic carbocycles. The molecule has 0 nitrogen and oxygen atoms in total. The Kier molecular flexibility index (Phi) is 7.24. The van der Waals surface area contributed by atoms with E-state index in [4.69, 9.17) is 0 Å². The zero-order valence-corrected chi connectivity index (χ0v) is 14.1. The van der Waals surface area contributed by atoms with E-state index in [1.54, 1.807) is 18.2 Å². The Labute approximate surface area is 130 Å². The van der Waals surface area contributed by atoms with Gasteiger partial charge in [-0.25, -0.2) is 13.2 Å². The maximum Gasteiger partial charge on any atom is 0.106 e. The van der Waals surface area contributed by atoms with E-state index < -0.39 is 34.5 Å². The van der Waals surface area contributed by atoms with Crippen LogP contribution in [-0.4, -0.2) is 20.0 Å². The molecule has 0 aromatic heterocycles. The predicted molar refractivity (Wildman–Crippen MR) is 79.4 cm³/mol. The first-order valence-electron chi connectivity index (χ1n) is 5.29. The largest absolute Gasteiger partial charge is 0.250 e. The first-order valence-corrected chi connectivity index (χ1v) is 8.03. The quantitative estimate of drug-likeness (QED) is 0.471. The van der Waals surface area contributed by atoms with E-state index >= 15 is 0 Å². The lowest BCUT2D eigenvalue weighted by molar-refractivity contribution is 0.479. The molecule has 3 unspecified atom stereocenters. The zero-order valence-electron chi connectivity index (χ0n) is 9.35. The Bertz CT molecular complexity index is 387. The fourth-order valence-electron chi connectivity index (χ4n) is 1.60. The molecule has 0 saturated carbocycles. The van der Waals surface area contributed by atoms with Crippen LogP contribution in [0.1, 0.15) is 31.2 Å². The highest BCUT2D eigenvalue weighted by Gasteiger charge is 2.19. The van der Waals surface area contributed by atoms with Crippen LogP contribution in [0.4, 0.5) is 13.2 Å². The molecule has 0 saturated heterocycles.